The summed E-state index contributed by atoms with van der Waals surface area (Å²) in [5.41, 5.74) is 0. The Hall–Kier alpha value is -1.59. The molecular weight excluding hydrogens is 889 g/mol. The summed E-state index contributed by atoms with van der Waals surface area (Å²) >= 11 is 0. The normalized spacial score (nSPS) is 11.9. The summed E-state index contributed by atoms with van der Waals surface area (Å²) in [7, 11) is 0. The molecule has 6 heteroatoms. The van der Waals surface area contributed by atoms with Gasteiger partial charge in [-0.05, 0) is 19.3 Å². The second kappa shape index (κ2) is 62.0. The lowest BCUT2D eigenvalue weighted by molar-refractivity contribution is -0.167. The average molecular weight is 1020 g/mol. The van der Waals surface area contributed by atoms with Crippen molar-refractivity contribution in [1.29, 1.82) is 0 Å². The number of esters is 3. The van der Waals surface area contributed by atoms with Crippen LogP contribution in [0.25, 0.3) is 0 Å². The van der Waals surface area contributed by atoms with E-state index in [-0.39, 0.29) is 31.1 Å². The van der Waals surface area contributed by atoms with E-state index in [9.17, 15) is 14.4 Å². The fraction of sp³-hybridized carbons (Fsp3) is 0.955. The third-order valence-electron chi connectivity index (χ3n) is 15.4. The lowest BCUT2D eigenvalue weighted by Gasteiger charge is -2.18. The Bertz CT molecular complexity index is 1080. The summed E-state index contributed by atoms with van der Waals surface area (Å²) in [6.45, 7) is 6.66. The van der Waals surface area contributed by atoms with E-state index in [0.29, 0.717) is 19.3 Å². The van der Waals surface area contributed by atoms with Gasteiger partial charge in [0, 0.05) is 19.3 Å². The van der Waals surface area contributed by atoms with Crippen molar-refractivity contribution in [3.63, 3.8) is 0 Å². The zero-order valence-electron chi connectivity index (χ0n) is 49.2. The van der Waals surface area contributed by atoms with E-state index in [1.165, 1.54) is 289 Å². The van der Waals surface area contributed by atoms with Gasteiger partial charge >= 0.3 is 17.9 Å². The molecule has 0 N–H and O–H groups in total. The van der Waals surface area contributed by atoms with Gasteiger partial charge in [0.15, 0.2) is 6.10 Å². The van der Waals surface area contributed by atoms with Gasteiger partial charge in [-0.2, -0.15) is 0 Å². The highest BCUT2D eigenvalue weighted by atomic mass is 16.6. The molecule has 0 bridgehead atoms. The van der Waals surface area contributed by atoms with Gasteiger partial charge in [-0.15, -0.1) is 0 Å². The second-order valence-corrected chi connectivity index (χ2v) is 22.8. The highest BCUT2D eigenvalue weighted by molar-refractivity contribution is 5.71. The van der Waals surface area contributed by atoms with E-state index in [1.54, 1.807) is 0 Å². The van der Waals surface area contributed by atoms with Gasteiger partial charge in [-0.1, -0.05) is 348 Å². The van der Waals surface area contributed by atoms with E-state index < -0.39 is 6.10 Å². The number of hydrogen-bond donors (Lipinski definition) is 0. The Kier molecular flexibility index (Phi) is 60.6. The van der Waals surface area contributed by atoms with Gasteiger partial charge < -0.3 is 14.2 Å². The Morgan fingerprint density at radius 3 is 0.556 bits per heavy atom. The van der Waals surface area contributed by atoms with Crippen LogP contribution < -0.4 is 0 Å². The maximum atomic E-state index is 12.8. The molecule has 1 unspecified atom stereocenters. The monoisotopic (exact) mass is 1020 g/mol. The van der Waals surface area contributed by atoms with Crippen LogP contribution in [-0.2, 0) is 28.6 Å². The molecule has 0 spiro atoms. The Morgan fingerprint density at radius 2 is 0.375 bits per heavy atom. The van der Waals surface area contributed by atoms with Gasteiger partial charge in [0.2, 0.25) is 0 Å². The van der Waals surface area contributed by atoms with Gasteiger partial charge in [0.1, 0.15) is 13.2 Å². The van der Waals surface area contributed by atoms with Crippen LogP contribution >= 0.6 is 0 Å². The summed E-state index contributed by atoms with van der Waals surface area (Å²) in [6.07, 6.45) is 71.7. The summed E-state index contributed by atoms with van der Waals surface area (Å²) in [6, 6.07) is 0. The first kappa shape index (κ1) is 70.4. The first-order valence-corrected chi connectivity index (χ1v) is 33.0. The Labute approximate surface area is 450 Å². The predicted molar refractivity (Wildman–Crippen MR) is 312 cm³/mol. The van der Waals surface area contributed by atoms with Crippen molar-refractivity contribution < 1.29 is 28.6 Å². The summed E-state index contributed by atoms with van der Waals surface area (Å²) in [5.74, 6) is -0.841. The summed E-state index contributed by atoms with van der Waals surface area (Å²) in [5, 5.41) is 0. The van der Waals surface area contributed by atoms with Crippen molar-refractivity contribution in [1.82, 2.24) is 0 Å². The number of carbonyl (C=O) groups excluding carboxylic acids is 3. The van der Waals surface area contributed by atoms with Crippen LogP contribution in [0, 0.1) is 0 Å². The first-order chi connectivity index (χ1) is 35.5. The van der Waals surface area contributed by atoms with E-state index in [0.717, 1.165) is 57.8 Å². The van der Waals surface area contributed by atoms with Crippen LogP contribution in [0.2, 0.25) is 0 Å². The van der Waals surface area contributed by atoms with Crippen molar-refractivity contribution in [3.05, 3.63) is 0 Å². The molecular formula is C66H128O6. The van der Waals surface area contributed by atoms with Crippen molar-refractivity contribution in [2.45, 2.75) is 393 Å². The first-order valence-electron chi connectivity index (χ1n) is 33.0. The number of carbonyl (C=O) groups is 3. The molecule has 0 aliphatic rings. The highest BCUT2D eigenvalue weighted by Gasteiger charge is 2.19. The van der Waals surface area contributed by atoms with Crippen LogP contribution in [-0.4, -0.2) is 37.2 Å². The number of unbranched alkanes of at least 4 members (excludes halogenated alkanes) is 51. The minimum Gasteiger partial charge on any atom is -0.462 e. The second-order valence-electron chi connectivity index (χ2n) is 22.8. The summed E-state index contributed by atoms with van der Waals surface area (Å²) < 4.78 is 16.8. The number of rotatable bonds is 62. The number of hydrogen-bond acceptors (Lipinski definition) is 6. The SMILES string of the molecule is CCCCCCCCCCCCCCCCCCCCCCCCCCCCCCCCC(=O)OCC(COC(=O)CCCCCCCC)OC(=O)CCCCCCCCCCCCCCCCCCCC. The molecule has 0 aromatic rings. The van der Waals surface area contributed by atoms with E-state index in [4.69, 9.17) is 14.2 Å². The van der Waals surface area contributed by atoms with Gasteiger partial charge in [0.05, 0.1) is 0 Å². The zero-order chi connectivity index (χ0) is 52.2. The standard InChI is InChI=1S/C66H128O6/c1-4-7-10-13-16-18-20-22-24-26-28-29-30-31-32-33-34-35-36-37-38-39-41-42-44-46-48-50-53-56-59-65(68)71-62-63(61-70-64(67)58-55-52-15-12-9-6-3)72-66(69)60-57-54-51-49-47-45-43-40-27-25-23-21-19-17-14-11-8-5-2/h63H,4-62H2,1-3H3. The molecule has 0 heterocycles. The van der Waals surface area contributed by atoms with Crippen molar-refractivity contribution in [2.75, 3.05) is 13.2 Å². The molecule has 0 fully saturated rings. The molecule has 428 valence electrons. The highest BCUT2D eigenvalue weighted by Crippen LogP contribution is 2.19. The molecule has 1 atom stereocenters. The van der Waals surface area contributed by atoms with Gasteiger partial charge in [-0.25, -0.2) is 0 Å². The van der Waals surface area contributed by atoms with E-state index >= 15 is 0 Å². The van der Waals surface area contributed by atoms with Crippen LogP contribution in [0.5, 0.6) is 0 Å². The maximum absolute atomic E-state index is 12.8. The molecule has 0 amide bonds. The molecule has 0 saturated carbocycles. The lowest BCUT2D eigenvalue weighted by atomic mass is 10.0. The smallest absolute Gasteiger partial charge is 0.306 e. The predicted octanol–water partition coefficient (Wildman–Crippen LogP) is 22.3. The van der Waals surface area contributed by atoms with Crippen LogP contribution in [0.1, 0.15) is 387 Å². The average Bonchev–Trinajstić information content (AvgIpc) is 3.38. The molecule has 0 radical (unpaired) electrons. The van der Waals surface area contributed by atoms with E-state index in [1.807, 2.05) is 0 Å². The minimum atomic E-state index is -0.760. The van der Waals surface area contributed by atoms with Crippen molar-refractivity contribution in [2.24, 2.45) is 0 Å². The fourth-order valence-corrected chi connectivity index (χ4v) is 10.4. The molecule has 0 aliphatic carbocycles. The van der Waals surface area contributed by atoms with Crippen molar-refractivity contribution in [3.8, 4) is 0 Å². The van der Waals surface area contributed by atoms with Crippen LogP contribution in [0.15, 0.2) is 0 Å². The van der Waals surface area contributed by atoms with E-state index in [2.05, 4.69) is 20.8 Å². The largest absolute Gasteiger partial charge is 0.462 e. The Balaban J connectivity index is 3.93. The molecule has 0 aliphatic heterocycles. The topological polar surface area (TPSA) is 78.9 Å². The van der Waals surface area contributed by atoms with Crippen LogP contribution in [0.3, 0.4) is 0 Å². The molecule has 0 aromatic heterocycles. The molecule has 0 rings (SSSR count). The number of ether oxygens (including phenoxy) is 3. The Morgan fingerprint density at radius 1 is 0.222 bits per heavy atom. The maximum Gasteiger partial charge on any atom is 0.306 e. The molecule has 0 aromatic carbocycles. The van der Waals surface area contributed by atoms with Gasteiger partial charge in [-0.3, -0.25) is 14.4 Å². The fourth-order valence-electron chi connectivity index (χ4n) is 10.4. The summed E-state index contributed by atoms with van der Waals surface area (Å²) in [4.78, 5) is 38.0. The molecule has 72 heavy (non-hydrogen) atoms. The van der Waals surface area contributed by atoms with Crippen LogP contribution in [0.4, 0.5) is 0 Å². The molecule has 0 saturated heterocycles. The molecule has 6 nitrogen and oxygen atoms in total. The third kappa shape index (κ3) is 59.3. The third-order valence-corrected chi connectivity index (χ3v) is 15.4. The lowest BCUT2D eigenvalue weighted by Crippen LogP contribution is -2.30. The quantitative estimate of drug-likeness (QED) is 0.0343. The zero-order valence-corrected chi connectivity index (χ0v) is 49.2. The van der Waals surface area contributed by atoms with Crippen molar-refractivity contribution >= 4 is 17.9 Å². The minimum absolute atomic E-state index is 0.0619. The van der Waals surface area contributed by atoms with Gasteiger partial charge in [0.25, 0.3) is 0 Å².